The Morgan fingerprint density at radius 1 is 0.943 bits per heavy atom. The fourth-order valence-electron chi connectivity index (χ4n) is 4.51. The van der Waals surface area contributed by atoms with Gasteiger partial charge in [-0.25, -0.2) is 9.97 Å². The second kappa shape index (κ2) is 9.07. The summed E-state index contributed by atoms with van der Waals surface area (Å²) < 4.78 is 0. The third-order valence-electron chi connectivity index (χ3n) is 6.43. The van der Waals surface area contributed by atoms with Crippen molar-refractivity contribution in [3.8, 4) is 0 Å². The quantitative estimate of drug-likeness (QED) is 0.376. The summed E-state index contributed by atoms with van der Waals surface area (Å²) in [5, 5.41) is 10.1. The van der Waals surface area contributed by atoms with Crippen LogP contribution in [0.5, 0.6) is 0 Å². The maximum Gasteiger partial charge on any atom is 0.253 e. The molecule has 0 radical (unpaired) electrons. The molecule has 35 heavy (non-hydrogen) atoms. The van der Waals surface area contributed by atoms with Crippen LogP contribution in [0.2, 0.25) is 0 Å². The molecule has 1 fully saturated rings. The fraction of sp³-hybridized carbons (Fsp3) is 0.269. The molecule has 2 aromatic carbocycles. The Morgan fingerprint density at radius 2 is 1.66 bits per heavy atom. The molecule has 1 saturated heterocycles. The van der Waals surface area contributed by atoms with Gasteiger partial charge in [-0.2, -0.15) is 15.0 Å². The molecule has 0 unspecified atom stereocenters. The maximum atomic E-state index is 13.1. The number of aryl methyl sites for hydroxylation is 1. The molecule has 1 aliphatic rings. The van der Waals surface area contributed by atoms with E-state index in [2.05, 4.69) is 38.1 Å². The highest BCUT2D eigenvalue weighted by molar-refractivity contribution is 7.18. The van der Waals surface area contributed by atoms with Crippen LogP contribution in [0.3, 0.4) is 0 Å². The Bertz CT molecular complexity index is 1470. The molecule has 4 heterocycles. The normalized spacial score (nSPS) is 14.2. The van der Waals surface area contributed by atoms with Crippen molar-refractivity contribution in [2.75, 3.05) is 31.1 Å². The van der Waals surface area contributed by atoms with Gasteiger partial charge < -0.3 is 9.80 Å². The Kier molecular flexibility index (Phi) is 5.61. The lowest BCUT2D eigenvalue weighted by Gasteiger charge is -2.35. The van der Waals surface area contributed by atoms with Crippen LogP contribution in [-0.2, 0) is 13.0 Å². The Hall–Kier alpha value is -3.85. The molecule has 0 saturated carbocycles. The molecule has 6 rings (SSSR count). The number of amides is 1. The molecule has 5 aromatic rings. The minimum absolute atomic E-state index is 0.0655. The zero-order chi connectivity index (χ0) is 23.8. The smallest absolute Gasteiger partial charge is 0.253 e. The van der Waals surface area contributed by atoms with Crippen LogP contribution in [0.15, 0.2) is 60.9 Å². The van der Waals surface area contributed by atoms with Crippen LogP contribution in [0, 0.1) is 0 Å². The molecule has 1 aliphatic heterocycles. The number of carbonyl (C=O) groups excluding carboxylic acids is 1. The second-order valence-corrected chi connectivity index (χ2v) is 9.79. The van der Waals surface area contributed by atoms with Crippen molar-refractivity contribution < 1.29 is 4.79 Å². The Labute approximate surface area is 206 Å². The number of benzene rings is 2. The van der Waals surface area contributed by atoms with Crippen molar-refractivity contribution in [3.63, 3.8) is 0 Å². The highest BCUT2D eigenvalue weighted by Crippen LogP contribution is 2.31. The first-order valence-corrected chi connectivity index (χ1v) is 12.7. The van der Waals surface area contributed by atoms with Gasteiger partial charge in [-0.05, 0) is 42.3 Å². The van der Waals surface area contributed by atoms with Crippen molar-refractivity contribution in [1.82, 2.24) is 29.9 Å². The van der Waals surface area contributed by atoms with E-state index in [1.54, 1.807) is 22.5 Å². The molecule has 0 aliphatic carbocycles. The number of fused-ring (bicyclic) bond motifs is 2. The van der Waals surface area contributed by atoms with Gasteiger partial charge in [-0.15, -0.1) is 11.3 Å². The highest BCUT2D eigenvalue weighted by Gasteiger charge is 2.24. The lowest BCUT2D eigenvalue weighted by atomic mass is 10.1. The summed E-state index contributed by atoms with van der Waals surface area (Å²) in [4.78, 5) is 30.4. The van der Waals surface area contributed by atoms with Gasteiger partial charge >= 0.3 is 0 Å². The Balaban J connectivity index is 1.11. The molecule has 9 heteroatoms. The summed E-state index contributed by atoms with van der Waals surface area (Å²) in [6.07, 6.45) is 2.64. The molecule has 0 N–H and O–H groups in total. The fourth-order valence-corrected chi connectivity index (χ4v) is 5.44. The van der Waals surface area contributed by atoms with E-state index >= 15 is 0 Å². The molecule has 0 atom stereocenters. The van der Waals surface area contributed by atoms with E-state index < -0.39 is 0 Å². The SMILES string of the molecule is CCc1cc2c(N3CCN(C(=O)c4ccc(Cn5nc6ccccc6n5)cc4)CC3)ncnc2s1. The first kappa shape index (κ1) is 21.7. The minimum atomic E-state index is 0.0655. The van der Waals surface area contributed by atoms with Gasteiger partial charge in [0, 0.05) is 36.6 Å². The van der Waals surface area contributed by atoms with Crippen LogP contribution in [0.1, 0.15) is 27.7 Å². The molecular weight excluding hydrogens is 458 g/mol. The summed E-state index contributed by atoms with van der Waals surface area (Å²) in [5.74, 6) is 1.04. The van der Waals surface area contributed by atoms with Gasteiger partial charge in [-0.3, -0.25) is 4.79 Å². The molecule has 3 aromatic heterocycles. The average Bonchev–Trinajstić information content (AvgIpc) is 3.52. The molecule has 0 spiro atoms. The van der Waals surface area contributed by atoms with Crippen LogP contribution in [-0.4, -0.2) is 61.9 Å². The summed E-state index contributed by atoms with van der Waals surface area (Å²) in [6.45, 7) is 5.57. The lowest BCUT2D eigenvalue weighted by Crippen LogP contribution is -2.49. The van der Waals surface area contributed by atoms with Crippen LogP contribution in [0.25, 0.3) is 21.3 Å². The van der Waals surface area contributed by atoms with Gasteiger partial charge in [0.2, 0.25) is 0 Å². The van der Waals surface area contributed by atoms with E-state index in [-0.39, 0.29) is 5.91 Å². The highest BCUT2D eigenvalue weighted by atomic mass is 32.1. The van der Waals surface area contributed by atoms with Gasteiger partial charge in [0.1, 0.15) is 28.0 Å². The van der Waals surface area contributed by atoms with E-state index in [0.717, 1.165) is 52.1 Å². The first-order chi connectivity index (χ1) is 17.2. The van der Waals surface area contributed by atoms with E-state index in [9.17, 15) is 4.79 Å². The third kappa shape index (κ3) is 4.23. The van der Waals surface area contributed by atoms with Gasteiger partial charge in [-0.1, -0.05) is 31.2 Å². The zero-order valence-corrected chi connectivity index (χ0v) is 20.3. The summed E-state index contributed by atoms with van der Waals surface area (Å²) in [7, 11) is 0. The maximum absolute atomic E-state index is 13.1. The van der Waals surface area contributed by atoms with Crippen molar-refractivity contribution in [1.29, 1.82) is 0 Å². The number of rotatable bonds is 5. The first-order valence-electron chi connectivity index (χ1n) is 11.8. The molecular formula is C26H25N7OS. The van der Waals surface area contributed by atoms with Gasteiger partial charge in [0.05, 0.1) is 11.9 Å². The van der Waals surface area contributed by atoms with Crippen LogP contribution in [0.4, 0.5) is 5.82 Å². The summed E-state index contributed by atoms with van der Waals surface area (Å²) in [5.41, 5.74) is 3.52. The summed E-state index contributed by atoms with van der Waals surface area (Å²) >= 11 is 1.73. The number of hydrogen-bond acceptors (Lipinski definition) is 7. The largest absolute Gasteiger partial charge is 0.352 e. The predicted molar refractivity (Wildman–Crippen MR) is 138 cm³/mol. The van der Waals surface area contributed by atoms with Crippen LogP contribution >= 0.6 is 11.3 Å². The van der Waals surface area contributed by atoms with E-state index in [1.165, 1.54) is 4.88 Å². The average molecular weight is 484 g/mol. The van der Waals surface area contributed by atoms with Gasteiger partial charge in [0.15, 0.2) is 0 Å². The van der Waals surface area contributed by atoms with E-state index in [0.29, 0.717) is 25.2 Å². The third-order valence-corrected chi connectivity index (χ3v) is 7.61. The topological polar surface area (TPSA) is 80.0 Å². The minimum Gasteiger partial charge on any atom is -0.352 e. The number of anilines is 1. The number of piperazine rings is 1. The second-order valence-electron chi connectivity index (χ2n) is 8.68. The van der Waals surface area contributed by atoms with Crippen molar-refractivity contribution in [2.24, 2.45) is 0 Å². The Morgan fingerprint density at radius 3 is 2.34 bits per heavy atom. The van der Waals surface area contributed by atoms with E-state index in [4.69, 9.17) is 0 Å². The molecule has 1 amide bonds. The monoisotopic (exact) mass is 483 g/mol. The zero-order valence-electron chi connectivity index (χ0n) is 19.5. The summed E-state index contributed by atoms with van der Waals surface area (Å²) in [6, 6.07) is 17.8. The number of carbonyl (C=O) groups is 1. The van der Waals surface area contributed by atoms with E-state index in [1.807, 2.05) is 53.4 Å². The van der Waals surface area contributed by atoms with Crippen molar-refractivity contribution >= 4 is 44.3 Å². The van der Waals surface area contributed by atoms with Gasteiger partial charge in [0.25, 0.3) is 5.91 Å². The number of nitrogens with zero attached hydrogens (tertiary/aromatic N) is 7. The standard InChI is InChI=1S/C26H25N7OS/c1-2-20-15-21-24(27-17-28-25(21)35-20)31-11-13-32(14-12-31)26(34)19-9-7-18(8-10-19)16-33-29-22-5-3-4-6-23(22)30-33/h3-10,15,17H,2,11-14,16H2,1H3. The molecule has 8 nitrogen and oxygen atoms in total. The van der Waals surface area contributed by atoms with Crippen molar-refractivity contribution in [3.05, 3.63) is 76.9 Å². The molecule has 176 valence electrons. The number of aromatic nitrogens is 5. The van der Waals surface area contributed by atoms with Crippen molar-refractivity contribution in [2.45, 2.75) is 19.9 Å². The number of thiophene rings is 1. The molecule has 0 bridgehead atoms. The lowest BCUT2D eigenvalue weighted by molar-refractivity contribution is 0.0746. The predicted octanol–water partition coefficient (Wildman–Crippen LogP) is 4.01. The number of hydrogen-bond donors (Lipinski definition) is 0. The van der Waals surface area contributed by atoms with Crippen LogP contribution < -0.4 is 4.90 Å².